The van der Waals surface area contributed by atoms with Crippen LogP contribution in [0.4, 0.5) is 5.69 Å². The Balaban J connectivity index is 1.57. The summed E-state index contributed by atoms with van der Waals surface area (Å²) in [6, 6.07) is 9.82. The Hall–Kier alpha value is -2.68. The summed E-state index contributed by atoms with van der Waals surface area (Å²) in [7, 11) is 1.46. The van der Waals surface area contributed by atoms with E-state index >= 15 is 0 Å². The maximum atomic E-state index is 12.6. The summed E-state index contributed by atoms with van der Waals surface area (Å²) >= 11 is 12.0. The molecule has 2 amide bonds. The molecule has 2 aromatic carbocycles. The van der Waals surface area contributed by atoms with Gasteiger partial charge in [-0.15, -0.1) is 0 Å². The molecule has 0 radical (unpaired) electrons. The SMILES string of the molecule is COc1cc(OC[C@@H](O)CN2CCC(Oc3ccc(Cl)cc3)C2=O)c(NC(C)=O)cc1Cl. The van der Waals surface area contributed by atoms with Crippen LogP contribution in [-0.4, -0.2) is 60.8 Å². The molecular formula is C22H24Cl2N2O6. The molecule has 0 spiro atoms. The van der Waals surface area contributed by atoms with Crippen molar-refractivity contribution >= 4 is 40.7 Å². The van der Waals surface area contributed by atoms with Gasteiger partial charge in [-0.1, -0.05) is 23.2 Å². The fourth-order valence-electron chi connectivity index (χ4n) is 3.27. The van der Waals surface area contributed by atoms with E-state index in [9.17, 15) is 14.7 Å². The molecule has 3 rings (SSSR count). The summed E-state index contributed by atoms with van der Waals surface area (Å²) in [5.74, 6) is 0.706. The molecule has 0 aliphatic carbocycles. The highest BCUT2D eigenvalue weighted by molar-refractivity contribution is 6.32. The number of likely N-dealkylation sites (tertiary alicyclic amines) is 1. The lowest BCUT2D eigenvalue weighted by Gasteiger charge is -2.22. The lowest BCUT2D eigenvalue weighted by atomic mass is 10.2. The number of methoxy groups -OCH3 is 1. The van der Waals surface area contributed by atoms with Crippen LogP contribution in [0.5, 0.6) is 17.2 Å². The molecule has 10 heteroatoms. The smallest absolute Gasteiger partial charge is 0.263 e. The second-order valence-corrected chi connectivity index (χ2v) is 8.11. The second-order valence-electron chi connectivity index (χ2n) is 7.26. The number of anilines is 1. The molecule has 2 N–H and O–H groups in total. The minimum atomic E-state index is -0.958. The minimum Gasteiger partial charge on any atom is -0.495 e. The van der Waals surface area contributed by atoms with Crippen molar-refractivity contribution < 1.29 is 28.9 Å². The van der Waals surface area contributed by atoms with Gasteiger partial charge in [0.15, 0.2) is 6.10 Å². The first kappa shape index (κ1) is 24.0. The Bertz CT molecular complexity index is 970. The van der Waals surface area contributed by atoms with Crippen LogP contribution >= 0.6 is 23.2 Å². The normalized spacial score (nSPS) is 16.6. The lowest BCUT2D eigenvalue weighted by Crippen LogP contribution is -2.39. The van der Waals surface area contributed by atoms with Crippen LogP contribution in [0.25, 0.3) is 0 Å². The van der Waals surface area contributed by atoms with Crippen molar-refractivity contribution in [3.05, 3.63) is 46.4 Å². The molecule has 0 bridgehead atoms. The Labute approximate surface area is 196 Å². The zero-order valence-corrected chi connectivity index (χ0v) is 19.2. The van der Waals surface area contributed by atoms with Gasteiger partial charge in [0, 0.05) is 31.0 Å². The molecule has 2 aromatic rings. The predicted octanol–water partition coefficient (Wildman–Crippen LogP) is 3.38. The van der Waals surface area contributed by atoms with E-state index in [0.29, 0.717) is 40.2 Å². The van der Waals surface area contributed by atoms with Crippen LogP contribution in [0.3, 0.4) is 0 Å². The van der Waals surface area contributed by atoms with Gasteiger partial charge < -0.3 is 29.5 Å². The second kappa shape index (κ2) is 10.8. The number of aliphatic hydroxyl groups is 1. The standard InChI is InChI=1S/C22H24Cl2N2O6/c1-13(27)25-18-9-17(24)20(30-2)10-21(18)31-12-15(28)11-26-8-7-19(22(26)29)32-16-5-3-14(23)4-6-16/h3-6,9-10,15,19,28H,7-8,11-12H2,1-2H3,(H,25,27)/t15-,19?/m0/s1. The maximum Gasteiger partial charge on any atom is 0.263 e. The molecule has 0 aromatic heterocycles. The summed E-state index contributed by atoms with van der Waals surface area (Å²) in [5, 5.41) is 13.9. The third-order valence-corrected chi connectivity index (χ3v) is 5.31. The first-order valence-electron chi connectivity index (χ1n) is 9.93. The van der Waals surface area contributed by atoms with E-state index in [1.54, 1.807) is 24.3 Å². The number of aliphatic hydroxyl groups excluding tert-OH is 1. The molecule has 1 unspecified atom stereocenters. The van der Waals surface area contributed by atoms with Gasteiger partial charge >= 0.3 is 0 Å². The summed E-state index contributed by atoms with van der Waals surface area (Å²) < 4.78 is 16.6. The quantitative estimate of drug-likeness (QED) is 0.568. The summed E-state index contributed by atoms with van der Waals surface area (Å²) in [6.07, 6.45) is -1.06. The van der Waals surface area contributed by atoms with E-state index in [0.717, 1.165) is 0 Å². The summed E-state index contributed by atoms with van der Waals surface area (Å²) in [5.41, 5.74) is 0.351. The van der Waals surface area contributed by atoms with E-state index in [1.807, 2.05) is 0 Å². The van der Waals surface area contributed by atoms with Gasteiger partial charge in [-0.3, -0.25) is 9.59 Å². The number of halogens is 2. The number of β-amino-alcohol motifs (C(OH)–C–C–N with tert-alkyl or cyclic N) is 1. The van der Waals surface area contributed by atoms with Crippen LogP contribution in [0.1, 0.15) is 13.3 Å². The molecule has 8 nitrogen and oxygen atoms in total. The van der Waals surface area contributed by atoms with Crippen molar-refractivity contribution in [1.29, 1.82) is 0 Å². The highest BCUT2D eigenvalue weighted by Gasteiger charge is 2.34. The van der Waals surface area contributed by atoms with E-state index in [4.69, 9.17) is 37.4 Å². The number of nitrogens with zero attached hydrogens (tertiary/aromatic N) is 1. The van der Waals surface area contributed by atoms with E-state index < -0.39 is 12.2 Å². The third-order valence-electron chi connectivity index (χ3n) is 4.77. The molecule has 2 atom stereocenters. The largest absolute Gasteiger partial charge is 0.495 e. The molecule has 0 saturated carbocycles. The van der Waals surface area contributed by atoms with E-state index in [2.05, 4.69) is 5.32 Å². The van der Waals surface area contributed by atoms with Crippen LogP contribution in [0, 0.1) is 0 Å². The zero-order valence-electron chi connectivity index (χ0n) is 17.6. The lowest BCUT2D eigenvalue weighted by molar-refractivity contribution is -0.134. The van der Waals surface area contributed by atoms with Gasteiger partial charge in [-0.25, -0.2) is 0 Å². The Morgan fingerprint density at radius 1 is 1.25 bits per heavy atom. The maximum absolute atomic E-state index is 12.6. The average Bonchev–Trinajstić information content (AvgIpc) is 3.08. The fraction of sp³-hybridized carbons (Fsp3) is 0.364. The number of rotatable bonds is 9. The van der Waals surface area contributed by atoms with Gasteiger partial charge in [0.25, 0.3) is 5.91 Å². The first-order chi connectivity index (χ1) is 15.3. The highest BCUT2D eigenvalue weighted by atomic mass is 35.5. The Morgan fingerprint density at radius 3 is 2.62 bits per heavy atom. The molecule has 1 heterocycles. The van der Waals surface area contributed by atoms with Crippen LogP contribution in [0.15, 0.2) is 36.4 Å². The van der Waals surface area contributed by atoms with Crippen LogP contribution in [0.2, 0.25) is 10.0 Å². The van der Waals surface area contributed by atoms with Crippen molar-refractivity contribution in [2.45, 2.75) is 25.6 Å². The molecule has 1 saturated heterocycles. The Kier molecular flexibility index (Phi) is 8.06. The Morgan fingerprint density at radius 2 is 1.97 bits per heavy atom. The van der Waals surface area contributed by atoms with Gasteiger partial charge in [-0.2, -0.15) is 0 Å². The number of hydrogen-bond acceptors (Lipinski definition) is 6. The number of nitrogens with one attached hydrogen (secondary N) is 1. The number of benzene rings is 2. The first-order valence-corrected chi connectivity index (χ1v) is 10.7. The number of carbonyl (C=O) groups excluding carboxylic acids is 2. The molecular weight excluding hydrogens is 459 g/mol. The van der Waals surface area contributed by atoms with Gasteiger partial charge in [0.1, 0.15) is 30.0 Å². The van der Waals surface area contributed by atoms with Crippen molar-refractivity contribution in [3.63, 3.8) is 0 Å². The van der Waals surface area contributed by atoms with Gasteiger partial charge in [0.2, 0.25) is 5.91 Å². The van der Waals surface area contributed by atoms with Crippen molar-refractivity contribution in [1.82, 2.24) is 4.90 Å². The van der Waals surface area contributed by atoms with Crippen molar-refractivity contribution in [3.8, 4) is 17.2 Å². The molecule has 1 fully saturated rings. The van der Waals surface area contributed by atoms with Crippen LogP contribution in [-0.2, 0) is 9.59 Å². The van der Waals surface area contributed by atoms with Crippen molar-refractivity contribution in [2.75, 3.05) is 32.1 Å². The van der Waals surface area contributed by atoms with Gasteiger partial charge in [-0.05, 0) is 30.3 Å². The predicted molar refractivity (Wildman–Crippen MR) is 121 cm³/mol. The highest BCUT2D eigenvalue weighted by Crippen LogP contribution is 2.36. The topological polar surface area (TPSA) is 97.3 Å². The van der Waals surface area contributed by atoms with E-state index in [-0.39, 0.29) is 30.7 Å². The van der Waals surface area contributed by atoms with Gasteiger partial charge in [0.05, 0.1) is 24.4 Å². The number of hydrogen-bond donors (Lipinski definition) is 2. The van der Waals surface area contributed by atoms with E-state index in [1.165, 1.54) is 31.1 Å². The monoisotopic (exact) mass is 482 g/mol. The molecule has 1 aliphatic heterocycles. The number of carbonyl (C=O) groups is 2. The average molecular weight is 483 g/mol. The molecule has 172 valence electrons. The fourth-order valence-corrected chi connectivity index (χ4v) is 3.64. The minimum absolute atomic E-state index is 0.0828. The summed E-state index contributed by atoms with van der Waals surface area (Å²) in [6.45, 7) is 1.79. The number of amides is 2. The number of ether oxygens (including phenoxy) is 3. The molecule has 1 aliphatic rings. The van der Waals surface area contributed by atoms with Crippen LogP contribution < -0.4 is 19.5 Å². The summed E-state index contributed by atoms with van der Waals surface area (Å²) in [4.78, 5) is 25.6. The van der Waals surface area contributed by atoms with Crippen molar-refractivity contribution in [2.24, 2.45) is 0 Å². The third kappa shape index (κ3) is 6.18. The zero-order chi connectivity index (χ0) is 23.3. The molecule has 32 heavy (non-hydrogen) atoms.